The number of carbonyl (C=O) groups excluding carboxylic acids is 2. The molecule has 4 aliphatic rings. The molecule has 0 unspecified atom stereocenters. The summed E-state index contributed by atoms with van der Waals surface area (Å²) in [4.78, 5) is 48.9. The molecular weight excluding hydrogens is 939 g/mol. The molecule has 4 aliphatic heterocycles. The minimum absolute atomic E-state index is 0.0464. The number of hydrogen-bond donors (Lipinski definition) is 13. The van der Waals surface area contributed by atoms with E-state index in [1.54, 1.807) is 0 Å². The zero-order valence-corrected chi connectivity index (χ0v) is 42.8. The van der Waals surface area contributed by atoms with E-state index in [1.807, 2.05) is 13.8 Å². The number of nitrogens with one attached hydrogen (secondary N) is 5. The Kier molecular flexibility index (Phi) is 16.3. The maximum Gasteiger partial charge on any atom is 0.220 e. The Morgan fingerprint density at radius 3 is 1.22 bits per heavy atom. The number of ether oxygens (including phenoxy) is 2. The lowest BCUT2D eigenvalue weighted by Crippen LogP contribution is -2.64. The highest BCUT2D eigenvalue weighted by molar-refractivity contribution is 6.00. The van der Waals surface area contributed by atoms with Crippen molar-refractivity contribution in [3.63, 3.8) is 0 Å². The normalized spacial score (nSPS) is 25.4. The lowest BCUT2D eigenvalue weighted by molar-refractivity contribution is -0.253. The van der Waals surface area contributed by atoms with Crippen LogP contribution < -0.4 is 10.6 Å². The average molecular weight is 1010 g/mol. The van der Waals surface area contributed by atoms with Crippen LogP contribution in [0.2, 0.25) is 0 Å². The fraction of sp³-hybridized carbons (Fsp3) is 0.519. The van der Waals surface area contributed by atoms with E-state index in [0.717, 1.165) is 112 Å². The van der Waals surface area contributed by atoms with Crippen LogP contribution in [0.25, 0.3) is 55.4 Å². The number of amides is 2. The van der Waals surface area contributed by atoms with E-state index in [1.165, 1.54) is 0 Å². The first-order valence-corrected chi connectivity index (χ1v) is 25.5. The summed E-state index contributed by atoms with van der Waals surface area (Å²) in [5.74, 6) is -0.985. The lowest BCUT2D eigenvalue weighted by atomic mass is 9.96. The van der Waals surface area contributed by atoms with Crippen molar-refractivity contribution in [3.8, 4) is 0 Å². The highest BCUT2D eigenvalue weighted by atomic mass is 16.6. The molecule has 4 aromatic rings. The number of hydrogen-bond acceptors (Lipinski definition) is 14. The van der Waals surface area contributed by atoms with Crippen LogP contribution in [0.15, 0.2) is 24.3 Å². The monoisotopic (exact) mass is 1010 g/mol. The molecule has 0 aromatic carbocycles. The Morgan fingerprint density at radius 2 is 0.877 bits per heavy atom. The number of nitrogens with zero attached hydrogens (tertiary/aromatic N) is 2. The highest BCUT2D eigenvalue weighted by Gasteiger charge is 2.45. The summed E-state index contributed by atoms with van der Waals surface area (Å²) in [6, 6.07) is 5.56. The Labute approximate surface area is 423 Å². The first-order chi connectivity index (χ1) is 34.9. The third kappa shape index (κ3) is 10.2. The minimum Gasteiger partial charge on any atom is -0.394 e. The molecule has 0 aliphatic carbocycles. The molecule has 0 radical (unpaired) electrons. The zero-order chi connectivity index (χ0) is 52.7. The second kappa shape index (κ2) is 22.1. The number of carbonyl (C=O) groups is 2. The van der Waals surface area contributed by atoms with Crippen molar-refractivity contribution in [2.45, 2.75) is 168 Å². The number of rotatable bonds is 14. The van der Waals surface area contributed by atoms with Crippen molar-refractivity contribution in [2.24, 2.45) is 0 Å². The summed E-state index contributed by atoms with van der Waals surface area (Å²) in [6.45, 7) is 15.3. The Hall–Kier alpha value is -5.58. The van der Waals surface area contributed by atoms with Gasteiger partial charge in [-0.3, -0.25) is 9.59 Å². The molecular formula is C54H71N7O12. The van der Waals surface area contributed by atoms with E-state index < -0.39 is 86.3 Å². The van der Waals surface area contributed by atoms with Crippen molar-refractivity contribution in [2.75, 3.05) is 13.2 Å². The summed E-state index contributed by atoms with van der Waals surface area (Å²) in [6.07, 6.45) is -8.75. The van der Waals surface area contributed by atoms with E-state index in [4.69, 9.17) is 19.4 Å². The number of fused-ring (bicyclic) bond motifs is 11. The van der Waals surface area contributed by atoms with Crippen molar-refractivity contribution in [3.05, 3.63) is 80.4 Å². The molecule has 19 nitrogen and oxygen atoms in total. The third-order valence-electron chi connectivity index (χ3n) is 15.3. The Morgan fingerprint density at radius 1 is 0.521 bits per heavy atom. The molecule has 13 N–H and O–H groups in total. The van der Waals surface area contributed by atoms with E-state index in [9.17, 15) is 50.4 Å². The van der Waals surface area contributed by atoms with Crippen LogP contribution in [0.4, 0.5) is 0 Å². The third-order valence-corrected chi connectivity index (χ3v) is 15.3. The van der Waals surface area contributed by atoms with E-state index in [0.29, 0.717) is 25.7 Å². The highest BCUT2D eigenvalue weighted by Crippen LogP contribution is 2.40. The van der Waals surface area contributed by atoms with Crippen molar-refractivity contribution in [1.82, 2.24) is 35.6 Å². The minimum atomic E-state index is -1.66. The fourth-order valence-corrected chi connectivity index (χ4v) is 11.1. The van der Waals surface area contributed by atoms with Crippen LogP contribution in [0.1, 0.15) is 123 Å². The van der Waals surface area contributed by atoms with Gasteiger partial charge in [0.2, 0.25) is 11.8 Å². The van der Waals surface area contributed by atoms with Crippen LogP contribution in [0.3, 0.4) is 0 Å². The van der Waals surface area contributed by atoms with Crippen LogP contribution in [0, 0.1) is 13.8 Å². The summed E-state index contributed by atoms with van der Waals surface area (Å²) in [7, 11) is 0. The standard InChI is InChI=1S/C54H71N7O12/c1-9-27-25(7)45-46-26(8)28(10-2)36(59-46)18-34-24(6)32(14-16-44(65)61-48-52(69)50(67)42(22-63)73-54(48)71)40(56-34)20-38-30(12-4)29(11-3)37(57-38)19-39-31(23(5)33(55-39)17-35(27)58-45)13-15-43(64)60-47-51(68)49(66)41(21-62)72-53(47)70/h17-20,41-42,47-57,62-63,66-71H,9-16,21-22H2,1-8H3,(H,60,64)(H,61,65)/t41-,42-,47-,48-,49-,50-,51-,52-,53-,54-/m1/s1. The van der Waals surface area contributed by atoms with Gasteiger partial charge in [0.15, 0.2) is 12.6 Å². The van der Waals surface area contributed by atoms with Gasteiger partial charge in [-0.25, -0.2) is 9.97 Å². The van der Waals surface area contributed by atoms with Crippen molar-refractivity contribution in [1.29, 1.82) is 0 Å². The molecule has 19 heteroatoms. The molecule has 10 bridgehead atoms. The molecule has 0 saturated carbocycles. The largest absolute Gasteiger partial charge is 0.394 e. The van der Waals surface area contributed by atoms with E-state index in [2.05, 4.69) is 91.4 Å². The van der Waals surface area contributed by atoms with E-state index >= 15 is 0 Å². The maximum absolute atomic E-state index is 13.6. The molecule has 2 amide bonds. The van der Waals surface area contributed by atoms with Gasteiger partial charge >= 0.3 is 0 Å². The topological polar surface area (TPSA) is 312 Å². The van der Waals surface area contributed by atoms with Gasteiger partial charge in [0.05, 0.1) is 36.0 Å². The second-order valence-electron chi connectivity index (χ2n) is 19.6. The van der Waals surface area contributed by atoms with Crippen molar-refractivity contribution < 1.29 is 59.9 Å². The van der Waals surface area contributed by atoms with Gasteiger partial charge in [0.1, 0.15) is 48.7 Å². The number of aliphatic hydroxyl groups is 8. The molecule has 2 fully saturated rings. The molecule has 8 heterocycles. The smallest absolute Gasteiger partial charge is 0.220 e. The van der Waals surface area contributed by atoms with Crippen LogP contribution >= 0.6 is 0 Å². The van der Waals surface area contributed by atoms with Gasteiger partial charge in [-0.05, 0) is 146 Å². The summed E-state index contributed by atoms with van der Waals surface area (Å²) in [5.41, 5.74) is 17.8. The molecule has 73 heavy (non-hydrogen) atoms. The number of aryl methyl sites for hydroxylation is 6. The number of aliphatic hydroxyl groups excluding tert-OH is 8. The van der Waals surface area contributed by atoms with Gasteiger partial charge < -0.3 is 75.9 Å². The summed E-state index contributed by atoms with van der Waals surface area (Å²) >= 11 is 0. The predicted octanol–water partition coefficient (Wildman–Crippen LogP) is 3.48. The van der Waals surface area contributed by atoms with Crippen LogP contribution in [0.5, 0.6) is 0 Å². The molecule has 10 atom stereocenters. The second-order valence-corrected chi connectivity index (χ2v) is 19.6. The zero-order valence-electron chi connectivity index (χ0n) is 42.8. The van der Waals surface area contributed by atoms with Gasteiger partial charge in [0, 0.05) is 45.9 Å². The van der Waals surface area contributed by atoms with Crippen molar-refractivity contribution >= 4 is 67.2 Å². The molecule has 2 saturated heterocycles. The first-order valence-electron chi connectivity index (χ1n) is 25.5. The SMILES string of the molecule is CCC1=C(C)c2nc1cc1[nH]c(cc3[nH]c(cc4[nH]c(cc5nc2C(C)=C5CC)c(C)c4CCC(=O)N[C@@H]2[C@@H](O)[C@H](O)[C@@H](CO)O[C@H]2O)c(CC)c3CC)c(CCC(=O)N[C@@H]2[C@@H](O)[C@H](O)[C@@H](CO)O[C@H]2O)c1C. The Bertz CT molecular complexity index is 2840. The van der Waals surface area contributed by atoms with Gasteiger partial charge in [-0.2, -0.15) is 0 Å². The molecule has 4 aromatic heterocycles. The average Bonchev–Trinajstić information content (AvgIpc) is 4.13. The predicted molar refractivity (Wildman–Crippen MR) is 276 cm³/mol. The van der Waals surface area contributed by atoms with Gasteiger partial charge in [0.25, 0.3) is 0 Å². The number of aromatic amines is 3. The van der Waals surface area contributed by atoms with Gasteiger partial charge in [-0.15, -0.1) is 0 Å². The molecule has 394 valence electrons. The summed E-state index contributed by atoms with van der Waals surface area (Å²) < 4.78 is 10.6. The first kappa shape index (κ1) is 53.7. The van der Waals surface area contributed by atoms with Crippen LogP contribution in [-0.4, -0.2) is 152 Å². The number of allylic oxidation sites excluding steroid dienone is 4. The number of aromatic nitrogens is 5. The van der Waals surface area contributed by atoms with Crippen LogP contribution in [-0.2, 0) is 44.7 Å². The maximum atomic E-state index is 13.6. The quantitative estimate of drug-likeness (QED) is 0.0861. The summed E-state index contributed by atoms with van der Waals surface area (Å²) in [5, 5.41) is 88.1. The molecule has 0 spiro atoms. The van der Waals surface area contributed by atoms with Gasteiger partial charge in [-0.1, -0.05) is 27.7 Å². The number of H-pyrrole nitrogens is 3. The van der Waals surface area contributed by atoms with E-state index in [-0.39, 0.29) is 25.7 Å². The lowest BCUT2D eigenvalue weighted by Gasteiger charge is -2.40. The molecule has 8 rings (SSSR count). The Balaban J connectivity index is 1.30. The fourth-order valence-electron chi connectivity index (χ4n) is 11.1.